The van der Waals surface area contributed by atoms with Gasteiger partial charge in [-0.25, -0.2) is 4.98 Å². The fraction of sp³-hybridized carbons (Fsp3) is 0.286. The van der Waals surface area contributed by atoms with E-state index in [1.165, 1.54) is 0 Å². The summed E-state index contributed by atoms with van der Waals surface area (Å²) in [6.45, 7) is 3.68. The molecule has 0 radical (unpaired) electrons. The topological polar surface area (TPSA) is 88.0 Å². The maximum absolute atomic E-state index is 12.8. The van der Waals surface area contributed by atoms with E-state index in [1.54, 1.807) is 53.1 Å². The molecule has 0 unspecified atom stereocenters. The third-order valence-electron chi connectivity index (χ3n) is 4.23. The molecule has 8 nitrogen and oxygen atoms in total. The highest BCUT2D eigenvalue weighted by Gasteiger charge is 2.21. The molecule has 0 atom stereocenters. The van der Waals surface area contributed by atoms with Crippen molar-refractivity contribution >= 4 is 23.0 Å². The van der Waals surface area contributed by atoms with Gasteiger partial charge in [0.05, 0.1) is 12.1 Å². The van der Waals surface area contributed by atoms with Crippen molar-refractivity contribution in [2.75, 3.05) is 39.1 Å². The van der Waals surface area contributed by atoms with E-state index in [-0.39, 0.29) is 23.3 Å². The van der Waals surface area contributed by atoms with E-state index < -0.39 is 0 Å². The molecule has 2 amide bonds. The summed E-state index contributed by atoms with van der Waals surface area (Å²) in [7, 11) is 3.86. The van der Waals surface area contributed by atoms with Gasteiger partial charge in [0, 0.05) is 25.0 Å². The summed E-state index contributed by atoms with van der Waals surface area (Å²) in [5.74, 6) is 0.198. The van der Waals surface area contributed by atoms with Gasteiger partial charge in [-0.15, -0.1) is 0 Å². The van der Waals surface area contributed by atoms with Gasteiger partial charge in [0.1, 0.15) is 5.75 Å². The molecule has 2 heterocycles. The van der Waals surface area contributed by atoms with Crippen LogP contribution >= 0.6 is 0 Å². The number of pyridine rings is 1. The normalized spacial score (nSPS) is 10.9. The van der Waals surface area contributed by atoms with Gasteiger partial charge in [0.2, 0.25) is 5.82 Å². The van der Waals surface area contributed by atoms with Crippen molar-refractivity contribution in [3.63, 3.8) is 0 Å². The first kappa shape index (κ1) is 20.3. The first-order valence-corrected chi connectivity index (χ1v) is 9.44. The van der Waals surface area contributed by atoms with Crippen molar-refractivity contribution in [1.29, 1.82) is 0 Å². The minimum atomic E-state index is -0.384. The number of hydrogen-bond donors (Lipinski definition) is 2. The van der Waals surface area contributed by atoms with Gasteiger partial charge in [0.25, 0.3) is 11.8 Å². The minimum Gasteiger partial charge on any atom is -0.494 e. The molecule has 0 aliphatic heterocycles. The highest BCUT2D eigenvalue weighted by molar-refractivity contribution is 6.08. The van der Waals surface area contributed by atoms with E-state index in [9.17, 15) is 9.59 Å². The number of nitrogens with zero attached hydrogens (tertiary/aromatic N) is 3. The lowest BCUT2D eigenvalue weighted by molar-refractivity contribution is 0.0940. The standard InChI is InChI=1S/C21H25N5O3/c1-4-29-16-10-8-15(9-11-16)23-20(27)18-17-7-5-6-13-26(17)19(24-18)21(28)22-12-14-25(2)3/h5-11,13H,4,12,14H2,1-3H3,(H,22,28)(H,23,27). The van der Waals surface area contributed by atoms with Crippen LogP contribution in [-0.2, 0) is 0 Å². The predicted molar refractivity (Wildman–Crippen MR) is 112 cm³/mol. The first-order chi connectivity index (χ1) is 14.0. The number of hydrogen-bond acceptors (Lipinski definition) is 5. The van der Waals surface area contributed by atoms with Crippen molar-refractivity contribution in [2.24, 2.45) is 0 Å². The number of fused-ring (bicyclic) bond motifs is 1. The summed E-state index contributed by atoms with van der Waals surface area (Å²) < 4.78 is 7.03. The van der Waals surface area contributed by atoms with Gasteiger partial charge >= 0.3 is 0 Å². The monoisotopic (exact) mass is 395 g/mol. The Morgan fingerprint density at radius 2 is 1.86 bits per heavy atom. The Hall–Kier alpha value is -3.39. The molecule has 0 saturated heterocycles. The lowest BCUT2D eigenvalue weighted by Crippen LogP contribution is -2.32. The highest BCUT2D eigenvalue weighted by Crippen LogP contribution is 2.18. The number of carbonyl (C=O) groups excluding carboxylic acids is 2. The first-order valence-electron chi connectivity index (χ1n) is 9.44. The van der Waals surface area contributed by atoms with Crippen LogP contribution in [0.3, 0.4) is 0 Å². The molecule has 8 heteroatoms. The van der Waals surface area contributed by atoms with Crippen LogP contribution in [0, 0.1) is 0 Å². The second-order valence-corrected chi connectivity index (χ2v) is 6.71. The second-order valence-electron chi connectivity index (χ2n) is 6.71. The zero-order valence-electron chi connectivity index (χ0n) is 16.8. The van der Waals surface area contributed by atoms with E-state index in [2.05, 4.69) is 15.6 Å². The van der Waals surface area contributed by atoms with E-state index in [0.29, 0.717) is 30.9 Å². The molecule has 0 fully saturated rings. The molecule has 0 bridgehead atoms. The van der Waals surface area contributed by atoms with Crippen LogP contribution in [0.4, 0.5) is 5.69 Å². The fourth-order valence-electron chi connectivity index (χ4n) is 2.83. The summed E-state index contributed by atoms with van der Waals surface area (Å²) in [5.41, 5.74) is 1.37. The Bertz CT molecular complexity index is 995. The van der Waals surface area contributed by atoms with Crippen LogP contribution in [0.25, 0.3) is 5.52 Å². The number of rotatable bonds is 8. The molecule has 0 spiro atoms. The molecule has 0 aliphatic rings. The van der Waals surface area contributed by atoms with Gasteiger partial charge < -0.3 is 20.3 Å². The number of benzene rings is 1. The van der Waals surface area contributed by atoms with Gasteiger partial charge in [-0.05, 0) is 57.4 Å². The van der Waals surface area contributed by atoms with Crippen LogP contribution in [0.1, 0.15) is 28.0 Å². The predicted octanol–water partition coefficient (Wildman–Crippen LogP) is 2.28. The SMILES string of the molecule is CCOc1ccc(NC(=O)c2nc(C(=O)NCCN(C)C)n3ccccc23)cc1. The van der Waals surface area contributed by atoms with E-state index >= 15 is 0 Å². The van der Waals surface area contributed by atoms with Gasteiger partial charge in [0.15, 0.2) is 5.69 Å². The molecular formula is C21H25N5O3. The minimum absolute atomic E-state index is 0.177. The second kappa shape index (κ2) is 9.20. The summed E-state index contributed by atoms with van der Waals surface area (Å²) in [6.07, 6.45) is 1.72. The number of amides is 2. The number of nitrogens with one attached hydrogen (secondary N) is 2. The summed E-state index contributed by atoms with van der Waals surface area (Å²) in [6, 6.07) is 12.4. The summed E-state index contributed by atoms with van der Waals surface area (Å²) in [4.78, 5) is 31.7. The molecule has 3 rings (SSSR count). The molecule has 1 aromatic carbocycles. The number of ether oxygens (including phenoxy) is 1. The van der Waals surface area contributed by atoms with Crippen molar-refractivity contribution in [3.05, 3.63) is 60.2 Å². The summed E-state index contributed by atoms with van der Waals surface area (Å²) >= 11 is 0. The van der Waals surface area contributed by atoms with E-state index in [4.69, 9.17) is 4.74 Å². The molecule has 2 aromatic heterocycles. The maximum Gasteiger partial charge on any atom is 0.287 e. The smallest absolute Gasteiger partial charge is 0.287 e. The molecule has 0 aliphatic carbocycles. The lowest BCUT2D eigenvalue weighted by Gasteiger charge is -2.09. The molecule has 152 valence electrons. The van der Waals surface area contributed by atoms with E-state index in [0.717, 1.165) is 5.75 Å². The Morgan fingerprint density at radius 1 is 1.10 bits per heavy atom. The average Bonchev–Trinajstić information content (AvgIpc) is 3.09. The molecule has 0 saturated carbocycles. The zero-order chi connectivity index (χ0) is 20.8. The van der Waals surface area contributed by atoms with Crippen LogP contribution < -0.4 is 15.4 Å². The number of aromatic nitrogens is 2. The summed E-state index contributed by atoms with van der Waals surface area (Å²) in [5, 5.41) is 5.65. The van der Waals surface area contributed by atoms with Crippen molar-refractivity contribution in [2.45, 2.75) is 6.92 Å². The molecule has 2 N–H and O–H groups in total. The van der Waals surface area contributed by atoms with Crippen molar-refractivity contribution < 1.29 is 14.3 Å². The third-order valence-corrected chi connectivity index (χ3v) is 4.23. The lowest BCUT2D eigenvalue weighted by atomic mass is 10.2. The Balaban J connectivity index is 1.81. The quantitative estimate of drug-likeness (QED) is 0.611. The third kappa shape index (κ3) is 4.91. The number of anilines is 1. The molecular weight excluding hydrogens is 370 g/mol. The van der Waals surface area contributed by atoms with Crippen molar-refractivity contribution in [1.82, 2.24) is 19.6 Å². The average molecular weight is 395 g/mol. The number of likely N-dealkylation sites (N-methyl/N-ethyl adjacent to an activating group) is 1. The van der Waals surface area contributed by atoms with Crippen molar-refractivity contribution in [3.8, 4) is 5.75 Å². The molecule has 29 heavy (non-hydrogen) atoms. The Kier molecular flexibility index (Phi) is 6.46. The largest absolute Gasteiger partial charge is 0.494 e. The molecule has 3 aromatic rings. The Labute approximate surface area is 169 Å². The number of imidazole rings is 1. The van der Waals surface area contributed by atoms with Gasteiger partial charge in [-0.1, -0.05) is 6.07 Å². The fourth-order valence-corrected chi connectivity index (χ4v) is 2.83. The van der Waals surface area contributed by atoms with Gasteiger partial charge in [-0.2, -0.15) is 0 Å². The Morgan fingerprint density at radius 3 is 2.55 bits per heavy atom. The van der Waals surface area contributed by atoms with Gasteiger partial charge in [-0.3, -0.25) is 14.0 Å². The number of carbonyl (C=O) groups is 2. The highest BCUT2D eigenvalue weighted by atomic mass is 16.5. The van der Waals surface area contributed by atoms with Crippen LogP contribution in [0.15, 0.2) is 48.7 Å². The van der Waals surface area contributed by atoms with Crippen LogP contribution in [0.2, 0.25) is 0 Å². The zero-order valence-corrected chi connectivity index (χ0v) is 16.8. The van der Waals surface area contributed by atoms with Crippen LogP contribution in [0.5, 0.6) is 5.75 Å². The maximum atomic E-state index is 12.8. The van der Waals surface area contributed by atoms with E-state index in [1.807, 2.05) is 25.9 Å². The van der Waals surface area contributed by atoms with Crippen LogP contribution in [-0.4, -0.2) is 59.9 Å².